The highest BCUT2D eigenvalue weighted by Crippen LogP contribution is 2.29. The molecule has 0 aliphatic carbocycles. The van der Waals surface area contributed by atoms with Crippen molar-refractivity contribution in [1.82, 2.24) is 10.2 Å². The van der Waals surface area contributed by atoms with Crippen LogP contribution < -0.4 is 14.8 Å². The van der Waals surface area contributed by atoms with Gasteiger partial charge in [-0.3, -0.25) is 9.59 Å². The fraction of sp³-hybridized carbons (Fsp3) is 0.333. The topological polar surface area (TPSA) is 67.9 Å². The number of carbonyl (C=O) groups excluding carboxylic acids is 2. The summed E-state index contributed by atoms with van der Waals surface area (Å²) in [5.41, 5.74) is 2.05. The molecule has 8 heteroatoms. The van der Waals surface area contributed by atoms with Crippen molar-refractivity contribution in [2.24, 2.45) is 0 Å². The van der Waals surface area contributed by atoms with E-state index in [-0.39, 0.29) is 29.5 Å². The van der Waals surface area contributed by atoms with E-state index in [0.29, 0.717) is 13.0 Å². The fourth-order valence-electron chi connectivity index (χ4n) is 3.22. The lowest BCUT2D eigenvalue weighted by atomic mass is 10.1. The van der Waals surface area contributed by atoms with Crippen molar-refractivity contribution in [3.8, 4) is 11.5 Å². The van der Waals surface area contributed by atoms with Crippen molar-refractivity contribution >= 4 is 11.8 Å². The van der Waals surface area contributed by atoms with Gasteiger partial charge in [-0.25, -0.2) is 0 Å². The van der Waals surface area contributed by atoms with Gasteiger partial charge < -0.3 is 19.7 Å². The van der Waals surface area contributed by atoms with E-state index in [2.05, 4.69) is 10.1 Å². The van der Waals surface area contributed by atoms with Gasteiger partial charge in [0.05, 0.1) is 7.11 Å². The molecule has 0 unspecified atom stereocenters. The van der Waals surface area contributed by atoms with E-state index in [9.17, 15) is 18.4 Å². The molecule has 1 aliphatic heterocycles. The summed E-state index contributed by atoms with van der Waals surface area (Å²) in [7, 11) is 1.33. The molecule has 0 saturated carbocycles. The number of ether oxygens (including phenoxy) is 2. The van der Waals surface area contributed by atoms with Gasteiger partial charge in [-0.1, -0.05) is 24.3 Å². The molecule has 6 nitrogen and oxygen atoms in total. The Kier molecular flexibility index (Phi) is 6.64. The molecule has 29 heavy (non-hydrogen) atoms. The minimum atomic E-state index is -3.02. The summed E-state index contributed by atoms with van der Waals surface area (Å²) in [5, 5.41) is 2.76. The van der Waals surface area contributed by atoms with Gasteiger partial charge in [0.25, 0.3) is 5.91 Å². The number of hydrogen-bond acceptors (Lipinski definition) is 4. The number of amides is 2. The second-order valence-corrected chi connectivity index (χ2v) is 6.67. The number of rotatable bonds is 8. The minimum absolute atomic E-state index is 0.117. The Morgan fingerprint density at radius 1 is 1.17 bits per heavy atom. The third-order valence-corrected chi connectivity index (χ3v) is 4.63. The van der Waals surface area contributed by atoms with E-state index in [4.69, 9.17) is 4.74 Å². The first-order chi connectivity index (χ1) is 14.0. The Balaban J connectivity index is 1.63. The number of likely N-dealkylation sites (tertiary alicyclic amines) is 1. The maximum Gasteiger partial charge on any atom is 0.387 e. The standard InChI is InChI=1S/C21H22F2N2O4/c1-28-17-8-7-16(11-18(17)29-21(22)23)20(27)24-12-14-4-2-5-15(10-14)13-25-9-3-6-19(25)26/h2,4-5,7-8,10-11,21H,3,6,9,12-13H2,1H3,(H,24,27). The van der Waals surface area contributed by atoms with E-state index < -0.39 is 12.5 Å². The van der Waals surface area contributed by atoms with Crippen molar-refractivity contribution in [2.45, 2.75) is 32.5 Å². The summed E-state index contributed by atoms with van der Waals surface area (Å²) in [6, 6.07) is 11.7. The first kappa shape index (κ1) is 20.6. The maximum absolute atomic E-state index is 12.5. The maximum atomic E-state index is 12.5. The molecule has 1 aliphatic rings. The molecule has 0 bridgehead atoms. The van der Waals surface area contributed by atoms with Crippen LogP contribution in [0, 0.1) is 0 Å². The van der Waals surface area contributed by atoms with Crippen molar-refractivity contribution in [3.05, 3.63) is 59.2 Å². The molecule has 1 fully saturated rings. The fourth-order valence-corrected chi connectivity index (χ4v) is 3.22. The largest absolute Gasteiger partial charge is 0.493 e. The summed E-state index contributed by atoms with van der Waals surface area (Å²) < 4.78 is 34.5. The molecule has 1 saturated heterocycles. The second-order valence-electron chi connectivity index (χ2n) is 6.67. The Morgan fingerprint density at radius 3 is 2.66 bits per heavy atom. The number of benzene rings is 2. The van der Waals surface area contributed by atoms with Crippen LogP contribution in [-0.4, -0.2) is 37.0 Å². The highest BCUT2D eigenvalue weighted by Gasteiger charge is 2.20. The van der Waals surface area contributed by atoms with Gasteiger partial charge in [0, 0.05) is 31.6 Å². The number of hydrogen-bond donors (Lipinski definition) is 1. The lowest BCUT2D eigenvalue weighted by Gasteiger charge is -2.16. The third kappa shape index (κ3) is 5.43. The zero-order valence-electron chi connectivity index (χ0n) is 16.0. The van der Waals surface area contributed by atoms with Crippen molar-refractivity contribution in [2.75, 3.05) is 13.7 Å². The Labute approximate surface area is 167 Å². The van der Waals surface area contributed by atoms with Crippen LogP contribution in [0.2, 0.25) is 0 Å². The Hall–Kier alpha value is -3.16. The Morgan fingerprint density at radius 2 is 1.97 bits per heavy atom. The number of methoxy groups -OCH3 is 1. The number of halogens is 2. The van der Waals surface area contributed by atoms with E-state index in [0.717, 1.165) is 24.1 Å². The summed E-state index contributed by atoms with van der Waals surface area (Å²) in [6.45, 7) is -1.45. The van der Waals surface area contributed by atoms with Crippen LogP contribution >= 0.6 is 0 Å². The predicted molar refractivity (Wildman–Crippen MR) is 102 cm³/mol. The van der Waals surface area contributed by atoms with Crippen LogP contribution in [-0.2, 0) is 17.9 Å². The quantitative estimate of drug-likeness (QED) is 0.733. The zero-order chi connectivity index (χ0) is 20.8. The minimum Gasteiger partial charge on any atom is -0.493 e. The van der Waals surface area contributed by atoms with Crippen molar-refractivity contribution in [3.63, 3.8) is 0 Å². The lowest BCUT2D eigenvalue weighted by Crippen LogP contribution is -2.24. The normalized spacial score (nSPS) is 13.7. The highest BCUT2D eigenvalue weighted by molar-refractivity contribution is 5.94. The monoisotopic (exact) mass is 404 g/mol. The van der Waals surface area contributed by atoms with E-state index >= 15 is 0 Å². The molecule has 1 N–H and O–H groups in total. The molecule has 0 atom stereocenters. The molecule has 2 amide bonds. The van der Waals surface area contributed by atoms with Gasteiger partial charge in [0.2, 0.25) is 5.91 Å². The molecular weight excluding hydrogens is 382 g/mol. The molecule has 2 aromatic carbocycles. The van der Waals surface area contributed by atoms with E-state index in [1.807, 2.05) is 29.2 Å². The molecule has 0 spiro atoms. The van der Waals surface area contributed by atoms with Gasteiger partial charge in [-0.15, -0.1) is 0 Å². The molecule has 0 aromatic heterocycles. The molecule has 0 radical (unpaired) electrons. The summed E-state index contributed by atoms with van der Waals surface area (Å²) in [4.78, 5) is 26.0. The van der Waals surface area contributed by atoms with Crippen LogP contribution in [0.4, 0.5) is 8.78 Å². The second kappa shape index (κ2) is 9.36. The summed E-state index contributed by atoms with van der Waals surface area (Å²) in [5.74, 6) is -0.352. The van der Waals surface area contributed by atoms with Gasteiger partial charge in [0.1, 0.15) is 0 Å². The van der Waals surface area contributed by atoms with E-state index in [1.54, 1.807) is 0 Å². The van der Waals surface area contributed by atoms with Crippen LogP contribution in [0.25, 0.3) is 0 Å². The van der Waals surface area contributed by atoms with Crippen LogP contribution in [0.15, 0.2) is 42.5 Å². The SMILES string of the molecule is COc1ccc(C(=O)NCc2cccc(CN3CCCC3=O)c2)cc1OC(F)F. The van der Waals surface area contributed by atoms with Crippen LogP contribution in [0.3, 0.4) is 0 Å². The van der Waals surface area contributed by atoms with E-state index in [1.165, 1.54) is 25.3 Å². The average molecular weight is 404 g/mol. The summed E-state index contributed by atoms with van der Waals surface area (Å²) in [6.07, 6.45) is 1.47. The number of nitrogens with one attached hydrogen (secondary N) is 1. The highest BCUT2D eigenvalue weighted by atomic mass is 19.3. The number of alkyl halides is 2. The lowest BCUT2D eigenvalue weighted by molar-refractivity contribution is -0.128. The number of carbonyl (C=O) groups is 2. The summed E-state index contributed by atoms with van der Waals surface area (Å²) >= 11 is 0. The predicted octanol–water partition coefficient (Wildman–Crippen LogP) is 3.35. The zero-order valence-corrected chi connectivity index (χ0v) is 16.0. The van der Waals surface area contributed by atoms with Gasteiger partial charge in [0.15, 0.2) is 11.5 Å². The first-order valence-electron chi connectivity index (χ1n) is 9.23. The number of nitrogens with zero attached hydrogens (tertiary/aromatic N) is 1. The van der Waals surface area contributed by atoms with Crippen molar-refractivity contribution in [1.29, 1.82) is 0 Å². The molecule has 3 rings (SSSR count). The smallest absolute Gasteiger partial charge is 0.387 e. The Bertz CT molecular complexity index is 889. The van der Waals surface area contributed by atoms with Crippen LogP contribution in [0.1, 0.15) is 34.3 Å². The van der Waals surface area contributed by atoms with Gasteiger partial charge in [-0.05, 0) is 35.7 Å². The first-order valence-corrected chi connectivity index (χ1v) is 9.23. The van der Waals surface area contributed by atoms with Crippen LogP contribution in [0.5, 0.6) is 11.5 Å². The molecule has 154 valence electrons. The molecular formula is C21H22F2N2O4. The average Bonchev–Trinajstić information content (AvgIpc) is 3.10. The molecule has 1 heterocycles. The van der Waals surface area contributed by atoms with Gasteiger partial charge >= 0.3 is 6.61 Å². The molecule has 2 aromatic rings. The van der Waals surface area contributed by atoms with Gasteiger partial charge in [-0.2, -0.15) is 8.78 Å². The third-order valence-electron chi connectivity index (χ3n) is 4.63. The van der Waals surface area contributed by atoms with Crippen molar-refractivity contribution < 1.29 is 27.8 Å².